The number of fused-ring (bicyclic) bond motifs is 1. The van der Waals surface area contributed by atoms with Crippen LogP contribution in [0.1, 0.15) is 56.1 Å². The second kappa shape index (κ2) is 11.0. The quantitative estimate of drug-likeness (QED) is 0.401. The summed E-state index contributed by atoms with van der Waals surface area (Å²) in [6, 6.07) is 13.9. The van der Waals surface area contributed by atoms with E-state index in [4.69, 9.17) is 9.47 Å². The summed E-state index contributed by atoms with van der Waals surface area (Å²) in [6.45, 7) is 4.71. The summed E-state index contributed by atoms with van der Waals surface area (Å²) < 4.78 is 12.4. The Kier molecular flexibility index (Phi) is 8.08. The maximum atomic E-state index is 12.4. The lowest BCUT2D eigenvalue weighted by molar-refractivity contribution is -0.121. The summed E-state index contributed by atoms with van der Waals surface area (Å²) in [5, 5.41) is 4.22. The minimum Gasteiger partial charge on any atom is -0.493 e. The zero-order valence-electron chi connectivity index (χ0n) is 17.9. The number of nitrogens with one attached hydrogen (secondary N) is 1. The van der Waals surface area contributed by atoms with Crippen molar-refractivity contribution in [3.05, 3.63) is 53.0 Å². The maximum absolute atomic E-state index is 12.4. The molecule has 160 valence electrons. The number of aryl methyl sites for hydroxylation is 1. The third kappa shape index (κ3) is 5.95. The Morgan fingerprint density at radius 3 is 2.77 bits per heavy atom. The molecule has 0 aliphatic heterocycles. The van der Waals surface area contributed by atoms with Crippen molar-refractivity contribution in [2.75, 3.05) is 13.7 Å². The van der Waals surface area contributed by atoms with Gasteiger partial charge in [-0.15, -0.1) is 11.3 Å². The minimum atomic E-state index is -0.0871. The number of ether oxygens (including phenoxy) is 2. The molecule has 5 nitrogen and oxygen atoms in total. The Bertz CT molecular complexity index is 937. The van der Waals surface area contributed by atoms with E-state index in [1.54, 1.807) is 18.4 Å². The van der Waals surface area contributed by atoms with E-state index in [-0.39, 0.29) is 11.9 Å². The predicted molar refractivity (Wildman–Crippen MR) is 123 cm³/mol. The Morgan fingerprint density at radius 2 is 2.00 bits per heavy atom. The average molecular weight is 427 g/mol. The van der Waals surface area contributed by atoms with E-state index in [1.165, 1.54) is 4.70 Å². The molecule has 3 aromatic rings. The summed E-state index contributed by atoms with van der Waals surface area (Å²) in [7, 11) is 1.63. The highest BCUT2D eigenvalue weighted by Gasteiger charge is 2.13. The largest absolute Gasteiger partial charge is 0.493 e. The van der Waals surface area contributed by atoms with Gasteiger partial charge in [-0.25, -0.2) is 4.98 Å². The summed E-state index contributed by atoms with van der Waals surface area (Å²) in [6.07, 6.45) is 4.18. The molecule has 1 atom stereocenters. The van der Waals surface area contributed by atoms with Gasteiger partial charge in [-0.3, -0.25) is 4.79 Å². The van der Waals surface area contributed by atoms with Gasteiger partial charge in [-0.05, 0) is 62.4 Å². The van der Waals surface area contributed by atoms with Gasteiger partial charge in [0, 0.05) is 6.42 Å². The van der Waals surface area contributed by atoms with Crippen LogP contribution < -0.4 is 14.8 Å². The first-order valence-electron chi connectivity index (χ1n) is 10.5. The summed E-state index contributed by atoms with van der Waals surface area (Å²) in [5.41, 5.74) is 2.06. The van der Waals surface area contributed by atoms with Crippen molar-refractivity contribution in [2.45, 2.75) is 52.0 Å². The number of carbonyl (C=O) groups excluding carboxylic acids is 1. The second-order valence-electron chi connectivity index (χ2n) is 7.33. The lowest BCUT2D eigenvalue weighted by Gasteiger charge is -2.17. The van der Waals surface area contributed by atoms with Gasteiger partial charge in [0.05, 0.1) is 35.0 Å². The first-order valence-corrected chi connectivity index (χ1v) is 11.4. The average Bonchev–Trinajstić information content (AvgIpc) is 3.18. The Labute approximate surface area is 182 Å². The van der Waals surface area contributed by atoms with Crippen LogP contribution >= 0.6 is 11.3 Å². The molecule has 1 aromatic heterocycles. The molecule has 0 saturated carbocycles. The van der Waals surface area contributed by atoms with Gasteiger partial charge in [0.25, 0.3) is 0 Å². The third-order valence-corrected chi connectivity index (χ3v) is 6.01. The van der Waals surface area contributed by atoms with Crippen molar-refractivity contribution in [1.82, 2.24) is 10.3 Å². The summed E-state index contributed by atoms with van der Waals surface area (Å²) >= 11 is 1.74. The molecule has 1 amide bonds. The third-order valence-electron chi connectivity index (χ3n) is 4.91. The van der Waals surface area contributed by atoms with Crippen molar-refractivity contribution in [2.24, 2.45) is 0 Å². The van der Waals surface area contributed by atoms with Crippen molar-refractivity contribution < 1.29 is 14.3 Å². The van der Waals surface area contributed by atoms with Crippen LogP contribution in [-0.4, -0.2) is 24.6 Å². The van der Waals surface area contributed by atoms with Gasteiger partial charge in [0.2, 0.25) is 5.91 Å². The number of rotatable bonds is 11. The molecule has 0 fully saturated rings. The molecule has 1 N–H and O–H groups in total. The lowest BCUT2D eigenvalue weighted by Crippen LogP contribution is -2.26. The van der Waals surface area contributed by atoms with Crippen LogP contribution in [0.4, 0.5) is 0 Å². The lowest BCUT2D eigenvalue weighted by atomic mass is 10.1. The predicted octanol–water partition coefficient (Wildman–Crippen LogP) is 5.68. The number of carbonyl (C=O) groups is 1. The molecule has 1 heterocycles. The van der Waals surface area contributed by atoms with Gasteiger partial charge in [-0.1, -0.05) is 25.1 Å². The van der Waals surface area contributed by atoms with E-state index >= 15 is 0 Å². The van der Waals surface area contributed by atoms with Crippen LogP contribution in [0.5, 0.6) is 11.5 Å². The van der Waals surface area contributed by atoms with Crippen LogP contribution in [0.3, 0.4) is 0 Å². The van der Waals surface area contributed by atoms with Crippen LogP contribution in [0.15, 0.2) is 42.5 Å². The molecule has 0 saturated heterocycles. The number of thiazole rings is 1. The highest BCUT2D eigenvalue weighted by molar-refractivity contribution is 7.18. The van der Waals surface area contributed by atoms with E-state index in [9.17, 15) is 4.79 Å². The van der Waals surface area contributed by atoms with Gasteiger partial charge in [0.1, 0.15) is 0 Å². The van der Waals surface area contributed by atoms with Crippen molar-refractivity contribution in [1.29, 1.82) is 0 Å². The van der Waals surface area contributed by atoms with Crippen LogP contribution in [0.25, 0.3) is 10.2 Å². The fourth-order valence-electron chi connectivity index (χ4n) is 3.27. The smallest absolute Gasteiger partial charge is 0.220 e. The second-order valence-corrected chi connectivity index (χ2v) is 8.45. The first-order chi connectivity index (χ1) is 14.6. The number of hydrogen-bond donors (Lipinski definition) is 1. The van der Waals surface area contributed by atoms with Crippen molar-refractivity contribution >= 4 is 27.5 Å². The van der Waals surface area contributed by atoms with Gasteiger partial charge < -0.3 is 14.8 Å². The molecule has 0 aliphatic carbocycles. The molecule has 0 aliphatic rings. The number of benzene rings is 2. The fourth-order valence-corrected chi connectivity index (χ4v) is 4.28. The summed E-state index contributed by atoms with van der Waals surface area (Å²) in [5.74, 6) is 1.49. The fraction of sp³-hybridized carbons (Fsp3) is 0.417. The monoisotopic (exact) mass is 426 g/mol. The Morgan fingerprint density at radius 1 is 1.17 bits per heavy atom. The zero-order valence-corrected chi connectivity index (χ0v) is 18.8. The van der Waals surface area contributed by atoms with Crippen LogP contribution in [-0.2, 0) is 11.2 Å². The standard InChI is InChI=1S/C24H30N2O3S/c1-4-15-29-20-14-13-18(16-21(20)28-3)17(2)25-23(27)11-7-8-12-24-26-19-9-5-6-10-22(19)30-24/h5-6,9-10,13-14,16-17H,4,7-8,11-12,15H2,1-3H3,(H,25,27). The van der Waals surface area contributed by atoms with Gasteiger partial charge in [0.15, 0.2) is 11.5 Å². The molecular formula is C24H30N2O3S. The first kappa shape index (κ1) is 22.1. The van der Waals surface area contributed by atoms with E-state index in [1.807, 2.05) is 43.3 Å². The number of nitrogens with zero attached hydrogens (tertiary/aromatic N) is 1. The SMILES string of the molecule is CCCOc1ccc(C(C)NC(=O)CCCCc2nc3ccccc3s2)cc1OC. The molecule has 0 bridgehead atoms. The molecule has 6 heteroatoms. The molecule has 2 aromatic carbocycles. The molecular weight excluding hydrogens is 396 g/mol. The van der Waals surface area contributed by atoms with Crippen molar-refractivity contribution in [3.63, 3.8) is 0 Å². The number of hydrogen-bond acceptors (Lipinski definition) is 5. The molecule has 1 unspecified atom stereocenters. The highest BCUT2D eigenvalue weighted by atomic mass is 32.1. The Balaban J connectivity index is 1.44. The number of methoxy groups -OCH3 is 1. The minimum absolute atomic E-state index is 0.0667. The number of unbranched alkanes of at least 4 members (excludes halogenated alkanes) is 1. The molecule has 0 radical (unpaired) electrons. The normalized spacial score (nSPS) is 12.0. The Hall–Kier alpha value is -2.60. The van der Waals surface area contributed by atoms with Crippen LogP contribution in [0, 0.1) is 0 Å². The van der Waals surface area contributed by atoms with Gasteiger partial charge in [-0.2, -0.15) is 0 Å². The van der Waals surface area contributed by atoms with E-state index in [2.05, 4.69) is 23.3 Å². The number of amides is 1. The number of aromatic nitrogens is 1. The highest BCUT2D eigenvalue weighted by Crippen LogP contribution is 2.30. The number of para-hydroxylation sites is 1. The zero-order chi connectivity index (χ0) is 21.3. The summed E-state index contributed by atoms with van der Waals surface area (Å²) in [4.78, 5) is 17.0. The topological polar surface area (TPSA) is 60.5 Å². The van der Waals surface area contributed by atoms with Crippen LogP contribution in [0.2, 0.25) is 0 Å². The van der Waals surface area contributed by atoms with E-state index < -0.39 is 0 Å². The van der Waals surface area contributed by atoms with E-state index in [0.717, 1.165) is 47.5 Å². The molecule has 30 heavy (non-hydrogen) atoms. The van der Waals surface area contributed by atoms with E-state index in [0.29, 0.717) is 18.8 Å². The molecule has 0 spiro atoms. The molecule has 3 rings (SSSR count). The van der Waals surface area contributed by atoms with Crippen molar-refractivity contribution in [3.8, 4) is 11.5 Å². The van der Waals surface area contributed by atoms with Gasteiger partial charge >= 0.3 is 0 Å². The maximum Gasteiger partial charge on any atom is 0.220 e.